The van der Waals surface area contributed by atoms with E-state index in [4.69, 9.17) is 0 Å². The normalized spacial score (nSPS) is 11.5. The highest BCUT2D eigenvalue weighted by atomic mass is 19.4. The van der Waals surface area contributed by atoms with Gasteiger partial charge in [-0.2, -0.15) is 18.3 Å². The Hall–Kier alpha value is -3.10. The molecule has 124 valence electrons. The highest BCUT2D eigenvalue weighted by Crippen LogP contribution is 2.30. The van der Waals surface area contributed by atoms with Gasteiger partial charge in [0.05, 0.1) is 11.3 Å². The lowest BCUT2D eigenvalue weighted by Crippen LogP contribution is -2.20. The number of anilines is 2. The molecular formula is C15H12F3N5O. The number of aromatic nitrogens is 3. The number of alkyl halides is 3. The zero-order valence-electron chi connectivity index (χ0n) is 12.4. The molecule has 2 aromatic heterocycles. The lowest BCUT2D eigenvalue weighted by atomic mass is 10.2. The molecule has 0 aliphatic carbocycles. The minimum absolute atomic E-state index is 0.0342. The van der Waals surface area contributed by atoms with Gasteiger partial charge in [-0.05, 0) is 37.3 Å². The van der Waals surface area contributed by atoms with E-state index in [0.717, 1.165) is 12.1 Å². The third-order valence-electron chi connectivity index (χ3n) is 3.16. The van der Waals surface area contributed by atoms with Crippen molar-refractivity contribution in [2.75, 3.05) is 10.6 Å². The molecule has 0 saturated carbocycles. The van der Waals surface area contributed by atoms with Crippen molar-refractivity contribution in [1.29, 1.82) is 0 Å². The Morgan fingerprint density at radius 1 is 1.17 bits per heavy atom. The van der Waals surface area contributed by atoms with E-state index in [-0.39, 0.29) is 5.69 Å². The maximum atomic E-state index is 12.7. The molecule has 0 saturated heterocycles. The molecule has 0 bridgehead atoms. The summed E-state index contributed by atoms with van der Waals surface area (Å²) in [7, 11) is 0. The van der Waals surface area contributed by atoms with Gasteiger partial charge in [-0.25, -0.2) is 14.3 Å². The van der Waals surface area contributed by atoms with Crippen LogP contribution in [0, 0.1) is 6.92 Å². The maximum Gasteiger partial charge on any atom is 0.416 e. The molecule has 1 aromatic carbocycles. The van der Waals surface area contributed by atoms with Crippen molar-refractivity contribution in [3.05, 3.63) is 54.0 Å². The maximum absolute atomic E-state index is 12.7. The minimum Gasteiger partial charge on any atom is -0.308 e. The predicted octanol–water partition coefficient (Wildman–Crippen LogP) is 3.70. The van der Waals surface area contributed by atoms with Gasteiger partial charge in [-0.3, -0.25) is 0 Å². The van der Waals surface area contributed by atoms with Gasteiger partial charge in [0.25, 0.3) is 0 Å². The Morgan fingerprint density at radius 3 is 2.71 bits per heavy atom. The third-order valence-corrected chi connectivity index (χ3v) is 3.16. The Labute approximate surface area is 134 Å². The van der Waals surface area contributed by atoms with Crippen LogP contribution in [-0.4, -0.2) is 20.6 Å². The number of nitrogens with zero attached hydrogens (tertiary/aromatic N) is 3. The van der Waals surface area contributed by atoms with E-state index >= 15 is 0 Å². The second kappa shape index (κ2) is 5.84. The van der Waals surface area contributed by atoms with Gasteiger partial charge in [-0.1, -0.05) is 6.07 Å². The zero-order valence-corrected chi connectivity index (χ0v) is 12.4. The van der Waals surface area contributed by atoms with Crippen LogP contribution in [0.3, 0.4) is 0 Å². The quantitative estimate of drug-likeness (QED) is 0.750. The molecule has 9 heteroatoms. The smallest absolute Gasteiger partial charge is 0.308 e. The number of fused-ring (bicyclic) bond motifs is 1. The van der Waals surface area contributed by atoms with Crippen molar-refractivity contribution in [3.8, 4) is 0 Å². The zero-order chi connectivity index (χ0) is 17.3. The number of amides is 2. The number of hydrogen-bond acceptors (Lipinski definition) is 3. The number of halogens is 3. The number of benzene rings is 1. The number of nitrogens with one attached hydrogen (secondary N) is 2. The molecule has 3 aromatic rings. The van der Waals surface area contributed by atoms with E-state index in [2.05, 4.69) is 20.7 Å². The summed E-state index contributed by atoms with van der Waals surface area (Å²) in [4.78, 5) is 16.2. The molecule has 24 heavy (non-hydrogen) atoms. The molecule has 0 atom stereocenters. The predicted molar refractivity (Wildman–Crippen MR) is 81.8 cm³/mol. The van der Waals surface area contributed by atoms with Gasteiger partial charge in [0.1, 0.15) is 5.82 Å². The number of hydrogen-bond donors (Lipinski definition) is 2. The molecule has 0 fully saturated rings. The van der Waals surface area contributed by atoms with Crippen molar-refractivity contribution in [3.63, 3.8) is 0 Å². The van der Waals surface area contributed by atoms with Gasteiger partial charge < -0.3 is 10.6 Å². The second-order valence-corrected chi connectivity index (χ2v) is 5.01. The average Bonchev–Trinajstić information content (AvgIpc) is 2.88. The molecule has 2 amide bonds. The van der Waals surface area contributed by atoms with Crippen LogP contribution in [0.1, 0.15) is 11.4 Å². The standard InChI is InChI=1S/C15H12F3N5O/c1-9-19-13-12(6-3-7-23(13)22-9)21-14(24)20-11-5-2-4-10(8-11)15(16,17)18/h2-8H,1H3,(H2,20,21,24). The molecule has 0 aliphatic heterocycles. The van der Waals surface area contributed by atoms with E-state index < -0.39 is 17.8 Å². The molecule has 6 nitrogen and oxygen atoms in total. The average molecular weight is 335 g/mol. The van der Waals surface area contributed by atoms with Crippen LogP contribution >= 0.6 is 0 Å². The lowest BCUT2D eigenvalue weighted by molar-refractivity contribution is -0.137. The molecule has 2 heterocycles. The largest absolute Gasteiger partial charge is 0.416 e. The fourth-order valence-corrected chi connectivity index (χ4v) is 2.17. The Bertz CT molecular complexity index is 904. The van der Waals surface area contributed by atoms with Crippen LogP contribution in [0.25, 0.3) is 5.65 Å². The first-order chi connectivity index (χ1) is 11.3. The monoisotopic (exact) mass is 335 g/mol. The van der Waals surface area contributed by atoms with Gasteiger partial charge >= 0.3 is 12.2 Å². The molecule has 0 aliphatic rings. The summed E-state index contributed by atoms with van der Waals surface area (Å²) in [5, 5.41) is 9.03. The van der Waals surface area contributed by atoms with Gasteiger partial charge in [0, 0.05) is 11.9 Å². The topological polar surface area (TPSA) is 71.3 Å². The third kappa shape index (κ3) is 3.29. The summed E-state index contributed by atoms with van der Waals surface area (Å²) < 4.78 is 39.5. The highest BCUT2D eigenvalue weighted by Gasteiger charge is 2.30. The van der Waals surface area contributed by atoms with Gasteiger partial charge in [-0.15, -0.1) is 0 Å². The minimum atomic E-state index is -4.47. The van der Waals surface area contributed by atoms with Gasteiger partial charge in [0.15, 0.2) is 5.65 Å². The van der Waals surface area contributed by atoms with E-state index in [0.29, 0.717) is 17.2 Å². The van der Waals surface area contributed by atoms with Crippen LogP contribution in [0.5, 0.6) is 0 Å². The van der Waals surface area contributed by atoms with Crippen LogP contribution in [0.15, 0.2) is 42.6 Å². The summed E-state index contributed by atoms with van der Waals surface area (Å²) in [6, 6.07) is 7.00. The van der Waals surface area contributed by atoms with Crippen molar-refractivity contribution in [2.45, 2.75) is 13.1 Å². The molecule has 3 rings (SSSR count). The van der Waals surface area contributed by atoms with Crippen LogP contribution in [0.2, 0.25) is 0 Å². The summed E-state index contributed by atoms with van der Waals surface area (Å²) in [5.41, 5.74) is 0.0270. The van der Waals surface area contributed by atoms with E-state index in [1.54, 1.807) is 25.3 Å². The molecule has 0 radical (unpaired) electrons. The van der Waals surface area contributed by atoms with Crippen molar-refractivity contribution >= 4 is 23.1 Å². The lowest BCUT2D eigenvalue weighted by Gasteiger charge is -2.11. The highest BCUT2D eigenvalue weighted by molar-refractivity contribution is 6.01. The van der Waals surface area contributed by atoms with E-state index in [1.165, 1.54) is 16.6 Å². The van der Waals surface area contributed by atoms with Crippen LogP contribution in [-0.2, 0) is 6.18 Å². The van der Waals surface area contributed by atoms with Gasteiger partial charge in [0.2, 0.25) is 0 Å². The first kappa shape index (κ1) is 15.8. The second-order valence-electron chi connectivity index (χ2n) is 5.01. The summed E-state index contributed by atoms with van der Waals surface area (Å²) in [6.45, 7) is 1.71. The Kier molecular flexibility index (Phi) is 3.84. The van der Waals surface area contributed by atoms with Crippen LogP contribution in [0.4, 0.5) is 29.3 Å². The first-order valence-corrected chi connectivity index (χ1v) is 6.90. The fourth-order valence-electron chi connectivity index (χ4n) is 2.17. The number of urea groups is 1. The van der Waals surface area contributed by atoms with E-state index in [9.17, 15) is 18.0 Å². The van der Waals surface area contributed by atoms with Crippen molar-refractivity contribution < 1.29 is 18.0 Å². The molecular weight excluding hydrogens is 323 g/mol. The summed E-state index contributed by atoms with van der Waals surface area (Å²) in [6.07, 6.45) is -2.80. The van der Waals surface area contributed by atoms with Crippen molar-refractivity contribution in [1.82, 2.24) is 14.6 Å². The van der Waals surface area contributed by atoms with Crippen LogP contribution < -0.4 is 10.6 Å². The fraction of sp³-hybridized carbons (Fsp3) is 0.133. The SMILES string of the molecule is Cc1nc2c(NC(=O)Nc3cccc(C(F)(F)F)c3)cccn2n1. The Morgan fingerprint density at radius 2 is 1.96 bits per heavy atom. The summed E-state index contributed by atoms with van der Waals surface area (Å²) in [5.74, 6) is 0.530. The number of aryl methyl sites for hydroxylation is 1. The molecule has 2 N–H and O–H groups in total. The summed E-state index contributed by atoms with van der Waals surface area (Å²) >= 11 is 0. The number of carbonyl (C=O) groups excluding carboxylic acids is 1. The Balaban J connectivity index is 1.78. The molecule has 0 unspecified atom stereocenters. The number of rotatable bonds is 2. The number of pyridine rings is 1. The van der Waals surface area contributed by atoms with Crippen molar-refractivity contribution in [2.24, 2.45) is 0 Å². The van der Waals surface area contributed by atoms with E-state index in [1.807, 2.05) is 0 Å². The number of carbonyl (C=O) groups is 1. The first-order valence-electron chi connectivity index (χ1n) is 6.90. The molecule has 0 spiro atoms.